The Hall–Kier alpha value is -0.580. The van der Waals surface area contributed by atoms with E-state index in [0.717, 1.165) is 29.7 Å². The molecule has 0 aliphatic carbocycles. The smallest absolute Gasteiger partial charge is 0.0670 e. The van der Waals surface area contributed by atoms with Gasteiger partial charge in [0.1, 0.15) is 0 Å². The van der Waals surface area contributed by atoms with Crippen LogP contribution >= 0.6 is 15.9 Å². The van der Waals surface area contributed by atoms with Crippen molar-refractivity contribution in [3.05, 3.63) is 28.2 Å². The molecular weight excluding hydrogens is 268 g/mol. The lowest BCUT2D eigenvalue weighted by Gasteiger charge is -2.28. The number of nitrogens with zero attached hydrogens (tertiary/aromatic N) is 1. The second kappa shape index (κ2) is 5.17. The number of benzene rings is 1. The van der Waals surface area contributed by atoms with E-state index in [9.17, 15) is 0 Å². The highest BCUT2D eigenvalue weighted by Crippen LogP contribution is 2.29. The number of hydrogen-bond acceptors (Lipinski definition) is 3. The third-order valence-corrected chi connectivity index (χ3v) is 3.87. The first-order chi connectivity index (χ1) is 7.74. The number of rotatable bonds is 3. The molecule has 0 amide bonds. The maximum atomic E-state index is 5.80. The summed E-state index contributed by atoms with van der Waals surface area (Å²) >= 11 is 3.55. The minimum atomic E-state index is 0.472. The van der Waals surface area contributed by atoms with Gasteiger partial charge in [0.15, 0.2) is 0 Å². The average molecular weight is 285 g/mol. The van der Waals surface area contributed by atoms with Crippen LogP contribution in [0.4, 0.5) is 5.69 Å². The highest BCUT2D eigenvalue weighted by atomic mass is 79.9. The van der Waals surface area contributed by atoms with E-state index < -0.39 is 0 Å². The number of anilines is 1. The zero-order valence-corrected chi connectivity index (χ0v) is 11.0. The topological polar surface area (TPSA) is 38.5 Å². The first-order valence-corrected chi connectivity index (χ1v) is 6.31. The highest BCUT2D eigenvalue weighted by Gasteiger charge is 2.22. The Morgan fingerprint density at radius 2 is 2.38 bits per heavy atom. The molecule has 1 atom stereocenters. The summed E-state index contributed by atoms with van der Waals surface area (Å²) in [6.07, 6.45) is 1.09. The molecule has 1 heterocycles. The Kier molecular flexibility index (Phi) is 3.84. The summed E-state index contributed by atoms with van der Waals surface area (Å²) in [5, 5.41) is 0. The normalized spacial score (nSPS) is 20.1. The predicted octanol–water partition coefficient (Wildman–Crippen LogP) is 2.13. The molecule has 1 aliphatic rings. The standard InChI is InChI=1S/C12H17BrN2O/c1-15(9-5-6-16-8-9)12-4-2-3-11(13)10(12)7-14/h2-4,9H,5-8,14H2,1H3. The first kappa shape index (κ1) is 11.9. The van der Waals surface area contributed by atoms with E-state index in [2.05, 4.69) is 33.9 Å². The molecule has 1 aliphatic heterocycles. The second-order valence-electron chi connectivity index (χ2n) is 4.07. The van der Waals surface area contributed by atoms with Crippen molar-refractivity contribution in [2.45, 2.75) is 19.0 Å². The Balaban J connectivity index is 2.27. The molecular formula is C12H17BrN2O. The van der Waals surface area contributed by atoms with Crippen molar-refractivity contribution in [2.75, 3.05) is 25.2 Å². The van der Waals surface area contributed by atoms with E-state index in [1.54, 1.807) is 0 Å². The lowest BCUT2D eigenvalue weighted by atomic mass is 10.1. The average Bonchev–Trinajstić information content (AvgIpc) is 2.81. The highest BCUT2D eigenvalue weighted by molar-refractivity contribution is 9.10. The molecule has 4 heteroatoms. The van der Waals surface area contributed by atoms with Crippen LogP contribution < -0.4 is 10.6 Å². The van der Waals surface area contributed by atoms with Crippen LogP contribution in [0.2, 0.25) is 0 Å². The lowest BCUT2D eigenvalue weighted by Crippen LogP contribution is -2.32. The zero-order chi connectivity index (χ0) is 11.5. The van der Waals surface area contributed by atoms with Crippen LogP contribution in [0.3, 0.4) is 0 Å². The fraction of sp³-hybridized carbons (Fsp3) is 0.500. The molecule has 0 bridgehead atoms. The van der Waals surface area contributed by atoms with Crippen molar-refractivity contribution in [1.82, 2.24) is 0 Å². The Morgan fingerprint density at radius 1 is 1.56 bits per heavy atom. The van der Waals surface area contributed by atoms with Crippen LogP contribution in [0.25, 0.3) is 0 Å². The van der Waals surface area contributed by atoms with Gasteiger partial charge in [-0.3, -0.25) is 0 Å². The quantitative estimate of drug-likeness (QED) is 0.924. The molecule has 1 aromatic rings. The van der Waals surface area contributed by atoms with Crippen molar-refractivity contribution in [1.29, 1.82) is 0 Å². The Morgan fingerprint density at radius 3 is 3.00 bits per heavy atom. The largest absolute Gasteiger partial charge is 0.379 e. The van der Waals surface area contributed by atoms with Crippen LogP contribution in [0.5, 0.6) is 0 Å². The maximum absolute atomic E-state index is 5.80. The van der Waals surface area contributed by atoms with Gasteiger partial charge in [0.05, 0.1) is 12.6 Å². The fourth-order valence-electron chi connectivity index (χ4n) is 2.10. The maximum Gasteiger partial charge on any atom is 0.0670 e. The van der Waals surface area contributed by atoms with Crippen LogP contribution in [0.15, 0.2) is 22.7 Å². The van der Waals surface area contributed by atoms with Gasteiger partial charge < -0.3 is 15.4 Å². The molecule has 2 N–H and O–H groups in total. The molecule has 1 aromatic carbocycles. The molecule has 0 saturated carbocycles. The summed E-state index contributed by atoms with van der Waals surface area (Å²) in [5.74, 6) is 0. The van der Waals surface area contributed by atoms with Crippen molar-refractivity contribution in [3.8, 4) is 0 Å². The number of ether oxygens (including phenoxy) is 1. The van der Waals surface area contributed by atoms with Crippen molar-refractivity contribution in [2.24, 2.45) is 5.73 Å². The summed E-state index contributed by atoms with van der Waals surface area (Å²) in [7, 11) is 2.11. The number of hydrogen-bond donors (Lipinski definition) is 1. The van der Waals surface area contributed by atoms with E-state index in [1.165, 1.54) is 5.69 Å². The lowest BCUT2D eigenvalue weighted by molar-refractivity contribution is 0.193. The van der Waals surface area contributed by atoms with Gasteiger partial charge in [-0.1, -0.05) is 22.0 Å². The SMILES string of the molecule is CN(c1cccc(Br)c1CN)C1CCOC1. The van der Waals surface area contributed by atoms with Crippen LogP contribution in [-0.2, 0) is 11.3 Å². The number of nitrogens with two attached hydrogens (primary N) is 1. The van der Waals surface area contributed by atoms with Gasteiger partial charge in [0.25, 0.3) is 0 Å². The van der Waals surface area contributed by atoms with Crippen LogP contribution in [0.1, 0.15) is 12.0 Å². The van der Waals surface area contributed by atoms with E-state index in [-0.39, 0.29) is 0 Å². The van der Waals surface area contributed by atoms with Gasteiger partial charge in [0.2, 0.25) is 0 Å². The molecule has 3 nitrogen and oxygen atoms in total. The van der Waals surface area contributed by atoms with Crippen molar-refractivity contribution in [3.63, 3.8) is 0 Å². The van der Waals surface area contributed by atoms with E-state index in [1.807, 2.05) is 12.1 Å². The van der Waals surface area contributed by atoms with Gasteiger partial charge in [-0.2, -0.15) is 0 Å². The van der Waals surface area contributed by atoms with Gasteiger partial charge in [-0.25, -0.2) is 0 Å². The van der Waals surface area contributed by atoms with Gasteiger partial charge in [-0.05, 0) is 18.6 Å². The molecule has 88 valence electrons. The molecule has 2 rings (SSSR count). The number of likely N-dealkylation sites (N-methyl/N-ethyl adjacent to an activating group) is 1. The van der Waals surface area contributed by atoms with Gasteiger partial charge in [0, 0.05) is 35.9 Å². The van der Waals surface area contributed by atoms with Crippen molar-refractivity contribution >= 4 is 21.6 Å². The Bertz CT molecular complexity index is 364. The molecule has 1 unspecified atom stereocenters. The summed E-state index contributed by atoms with van der Waals surface area (Å²) in [4.78, 5) is 2.28. The van der Waals surface area contributed by atoms with Crippen LogP contribution in [-0.4, -0.2) is 26.3 Å². The molecule has 0 radical (unpaired) electrons. The molecule has 16 heavy (non-hydrogen) atoms. The Labute approximate surface area is 105 Å². The van der Waals surface area contributed by atoms with Crippen molar-refractivity contribution < 1.29 is 4.74 Å². The molecule has 0 spiro atoms. The van der Waals surface area contributed by atoms with Crippen LogP contribution in [0, 0.1) is 0 Å². The minimum Gasteiger partial charge on any atom is -0.379 e. The third-order valence-electron chi connectivity index (χ3n) is 3.13. The second-order valence-corrected chi connectivity index (χ2v) is 4.92. The van der Waals surface area contributed by atoms with Gasteiger partial charge >= 0.3 is 0 Å². The van der Waals surface area contributed by atoms with Gasteiger partial charge in [-0.15, -0.1) is 0 Å². The summed E-state index contributed by atoms with van der Waals surface area (Å²) < 4.78 is 6.50. The fourth-order valence-corrected chi connectivity index (χ4v) is 2.62. The molecule has 1 saturated heterocycles. The van der Waals surface area contributed by atoms with E-state index in [4.69, 9.17) is 10.5 Å². The minimum absolute atomic E-state index is 0.472. The first-order valence-electron chi connectivity index (χ1n) is 5.52. The molecule has 0 aromatic heterocycles. The summed E-state index contributed by atoms with van der Waals surface area (Å²) in [5.41, 5.74) is 8.17. The van der Waals surface area contributed by atoms with E-state index >= 15 is 0 Å². The molecule has 1 fully saturated rings. The predicted molar refractivity (Wildman–Crippen MR) is 69.7 cm³/mol. The summed E-state index contributed by atoms with van der Waals surface area (Å²) in [6, 6.07) is 6.67. The third kappa shape index (κ3) is 2.24. The monoisotopic (exact) mass is 284 g/mol. The van der Waals surface area contributed by atoms with E-state index in [0.29, 0.717) is 12.6 Å². The summed E-state index contributed by atoms with van der Waals surface area (Å²) in [6.45, 7) is 2.22. The number of halogens is 1. The zero-order valence-electron chi connectivity index (χ0n) is 9.45.